The van der Waals surface area contributed by atoms with E-state index in [1.165, 1.54) is 56.3 Å². The van der Waals surface area contributed by atoms with Gasteiger partial charge in [-0.3, -0.25) is 29.7 Å². The predicted molar refractivity (Wildman–Crippen MR) is 320 cm³/mol. The highest BCUT2D eigenvalue weighted by molar-refractivity contribution is 6.13. The Balaban J connectivity index is 0.000000241. The third-order valence-corrected chi connectivity index (χ3v) is 14.4. The van der Waals surface area contributed by atoms with Crippen molar-refractivity contribution in [3.63, 3.8) is 0 Å². The molecule has 0 radical (unpaired) electrons. The van der Waals surface area contributed by atoms with Gasteiger partial charge in [-0.25, -0.2) is 28.1 Å². The number of hydrogen-bond donors (Lipinski definition) is 8. The molecular formula is C66H62F2N4O12. The predicted octanol–water partition coefficient (Wildman–Crippen LogP) is 14.5. The highest BCUT2D eigenvalue weighted by atomic mass is 19.1. The molecule has 8 rings (SSSR count). The number of carboxylic acids is 2. The largest absolute Gasteiger partial charge is 0.478 e. The Morgan fingerprint density at radius 1 is 0.381 bits per heavy atom. The van der Waals surface area contributed by atoms with Crippen molar-refractivity contribution in [1.29, 1.82) is 0 Å². The van der Waals surface area contributed by atoms with E-state index in [-0.39, 0.29) is 63.8 Å². The molecule has 0 unspecified atom stereocenters. The number of amides is 2. The zero-order chi connectivity index (χ0) is 61.4. The van der Waals surface area contributed by atoms with Gasteiger partial charge in [-0.2, -0.15) is 0 Å². The van der Waals surface area contributed by atoms with E-state index < -0.39 is 35.4 Å². The normalized spacial score (nSPS) is 10.8. The summed E-state index contributed by atoms with van der Waals surface area (Å²) in [5.41, 5.74) is 12.5. The van der Waals surface area contributed by atoms with Crippen LogP contribution in [0.25, 0.3) is 44.5 Å². The maximum absolute atomic E-state index is 15.0. The van der Waals surface area contributed by atoms with Crippen LogP contribution in [0, 0.1) is 53.2 Å². The van der Waals surface area contributed by atoms with E-state index in [1.807, 2.05) is 46.0 Å². The fourth-order valence-electron chi connectivity index (χ4n) is 10.1. The average molecular weight is 1140 g/mol. The maximum atomic E-state index is 15.0. The van der Waals surface area contributed by atoms with Crippen LogP contribution in [0.1, 0.15) is 121 Å². The molecule has 432 valence electrons. The first-order valence-electron chi connectivity index (χ1n) is 26.3. The van der Waals surface area contributed by atoms with Gasteiger partial charge in [0.05, 0.1) is 22.3 Å². The minimum atomic E-state index is -1.36. The number of Topliss-reactive ketones (excluding diaryl/α,β-unsaturated/α-hetero) is 2. The summed E-state index contributed by atoms with van der Waals surface area (Å²) in [7, 11) is 3.51. The van der Waals surface area contributed by atoms with Crippen LogP contribution in [0.2, 0.25) is 0 Å². The number of aryl methyl sites for hydroxylation is 6. The molecule has 18 heteroatoms. The first kappa shape index (κ1) is 61.9. The summed E-state index contributed by atoms with van der Waals surface area (Å²) in [5, 5.41) is 49.4. The lowest BCUT2D eigenvalue weighted by Crippen LogP contribution is -2.17. The van der Waals surface area contributed by atoms with Gasteiger partial charge in [0.2, 0.25) is 0 Å². The number of benzene rings is 8. The number of aromatic carboxylic acids is 2. The molecule has 84 heavy (non-hydrogen) atoms. The number of ketones is 2. The average Bonchev–Trinajstić information content (AvgIpc) is 3.65. The number of nitrogens with one attached hydrogen (secondary N) is 4. The molecule has 0 saturated carbocycles. The zero-order valence-corrected chi connectivity index (χ0v) is 47.8. The minimum Gasteiger partial charge on any atom is -0.478 e. The van der Waals surface area contributed by atoms with Gasteiger partial charge in [-0.05, 0) is 242 Å². The Bertz CT molecular complexity index is 3720. The first-order chi connectivity index (χ1) is 39.9. The van der Waals surface area contributed by atoms with Gasteiger partial charge >= 0.3 is 11.9 Å². The summed E-state index contributed by atoms with van der Waals surface area (Å²) in [4.78, 5) is 83.9. The van der Waals surface area contributed by atoms with Crippen LogP contribution in [0.15, 0.2) is 121 Å². The maximum Gasteiger partial charge on any atom is 0.336 e. The highest BCUT2D eigenvalue weighted by Crippen LogP contribution is 2.37. The van der Waals surface area contributed by atoms with Crippen molar-refractivity contribution in [2.24, 2.45) is 0 Å². The van der Waals surface area contributed by atoms with Crippen molar-refractivity contribution in [3.05, 3.63) is 211 Å². The summed E-state index contributed by atoms with van der Waals surface area (Å²) in [5.74, 6) is -5.74. The van der Waals surface area contributed by atoms with Crippen LogP contribution in [0.3, 0.4) is 0 Å². The van der Waals surface area contributed by atoms with Crippen LogP contribution in [-0.4, -0.2) is 70.1 Å². The fourth-order valence-corrected chi connectivity index (χ4v) is 10.1. The van der Waals surface area contributed by atoms with Gasteiger partial charge in [0, 0.05) is 59.1 Å². The number of carbonyl (C=O) groups excluding carboxylic acids is 4. The number of carbonyl (C=O) groups is 6. The van der Waals surface area contributed by atoms with Crippen molar-refractivity contribution in [3.8, 4) is 44.5 Å². The Hall–Kier alpha value is -9.72. The lowest BCUT2D eigenvalue weighted by Gasteiger charge is -2.17. The molecule has 0 aliphatic carbocycles. The third kappa shape index (κ3) is 13.6. The van der Waals surface area contributed by atoms with Crippen LogP contribution in [-0.2, 0) is 23.0 Å². The second-order valence-electron chi connectivity index (χ2n) is 20.2. The smallest absolute Gasteiger partial charge is 0.336 e. The summed E-state index contributed by atoms with van der Waals surface area (Å²) < 4.78 is 29.5. The number of halogens is 2. The van der Waals surface area contributed by atoms with Gasteiger partial charge in [0.1, 0.15) is 24.8 Å². The van der Waals surface area contributed by atoms with Crippen molar-refractivity contribution in [2.45, 2.75) is 68.6 Å². The summed E-state index contributed by atoms with van der Waals surface area (Å²) in [6.45, 7) is 13.4. The van der Waals surface area contributed by atoms with E-state index in [0.29, 0.717) is 72.6 Å². The highest BCUT2D eigenvalue weighted by Gasteiger charge is 2.25. The Morgan fingerprint density at radius 3 is 1.01 bits per heavy atom. The molecule has 0 heterocycles. The minimum absolute atomic E-state index is 0.00305. The van der Waals surface area contributed by atoms with Crippen molar-refractivity contribution in [1.82, 2.24) is 0 Å². The SMILES string of the molecule is CNc1ccc(-c2ccc(NC(=O)c3cc(C)c(-c4cc(COO)c(C(C)=O)cc4C)cc3C(=O)O)cc2C)c(C)c1.CNc1ccc(-c2ccc(NC(=O)c3cc(C)c(-c4cc(COO)c(C(C)=O)cc4C)cc3C(=O)O)cc2F)c(F)c1. The Kier molecular flexibility index (Phi) is 19.5. The van der Waals surface area contributed by atoms with E-state index in [4.69, 9.17) is 10.5 Å². The van der Waals surface area contributed by atoms with Gasteiger partial charge in [-0.15, -0.1) is 0 Å². The van der Waals surface area contributed by atoms with E-state index in [9.17, 15) is 47.8 Å². The molecule has 16 nitrogen and oxygen atoms in total. The van der Waals surface area contributed by atoms with Crippen molar-refractivity contribution in [2.75, 3.05) is 35.4 Å². The van der Waals surface area contributed by atoms with Crippen molar-refractivity contribution >= 4 is 58.1 Å². The summed E-state index contributed by atoms with van der Waals surface area (Å²) in [6, 6.07) is 32.3. The molecule has 0 saturated heterocycles. The van der Waals surface area contributed by atoms with Gasteiger partial charge < -0.3 is 31.5 Å². The molecule has 8 N–H and O–H groups in total. The van der Waals surface area contributed by atoms with E-state index >= 15 is 0 Å². The molecular weight excluding hydrogens is 1080 g/mol. The van der Waals surface area contributed by atoms with Gasteiger partial charge in [0.25, 0.3) is 11.8 Å². The lowest BCUT2D eigenvalue weighted by molar-refractivity contribution is -0.253. The molecule has 0 bridgehead atoms. The molecule has 0 aliphatic rings. The molecule has 0 aromatic heterocycles. The van der Waals surface area contributed by atoms with Crippen LogP contribution in [0.4, 0.5) is 31.5 Å². The van der Waals surface area contributed by atoms with Crippen LogP contribution >= 0.6 is 0 Å². The Morgan fingerprint density at radius 2 is 0.679 bits per heavy atom. The monoisotopic (exact) mass is 1140 g/mol. The van der Waals surface area contributed by atoms with Crippen molar-refractivity contribution < 1.29 is 68.1 Å². The second-order valence-corrected chi connectivity index (χ2v) is 20.2. The number of hydrogen-bond acceptors (Lipinski definition) is 12. The van der Waals surface area contributed by atoms with Gasteiger partial charge in [0.15, 0.2) is 11.6 Å². The molecule has 0 aliphatic heterocycles. The van der Waals surface area contributed by atoms with E-state index in [0.717, 1.165) is 39.6 Å². The number of anilines is 4. The third-order valence-electron chi connectivity index (χ3n) is 14.4. The lowest BCUT2D eigenvalue weighted by atomic mass is 9.88. The van der Waals surface area contributed by atoms with E-state index in [2.05, 4.69) is 43.2 Å². The quantitative estimate of drug-likeness (QED) is 0.0226. The van der Waals surface area contributed by atoms with Gasteiger partial charge in [-0.1, -0.05) is 12.1 Å². The molecule has 0 atom stereocenters. The molecule has 8 aromatic carbocycles. The fraction of sp³-hybridized carbons (Fsp3) is 0.182. The topological polar surface area (TPSA) is 250 Å². The Labute approximate surface area is 483 Å². The van der Waals surface area contributed by atoms with Crippen LogP contribution in [0.5, 0.6) is 0 Å². The zero-order valence-electron chi connectivity index (χ0n) is 47.8. The summed E-state index contributed by atoms with van der Waals surface area (Å²) >= 11 is 0. The molecule has 2 amide bonds. The number of carboxylic acid groups (broad SMARTS) is 2. The standard InChI is InChI=1S/C34H34N2O6.C32H28F2N2O6/c1-18-11-24(35-6)7-9-26(18)27-10-8-25(12-19(27)2)36-33(38)31-14-21(4)29(16-32(31)34(39)40)28-15-23(17-42-41)30(22(5)37)13-20(28)3;1-16-9-26(18(3)37)19(15-42-41)11-24(16)25-14-28(32(39)40)27(10-17(25)2)31(38)36-21-6-8-23(30(34)13-21)22-7-5-20(35-4)12-29(22)33/h7-16,35,41H,17H2,1-6H3,(H,36,38)(H,39,40);5-14,35,41H,15H2,1-4H3,(H,36,38)(H,39,40). The number of rotatable bonds is 18. The molecule has 8 aromatic rings. The summed E-state index contributed by atoms with van der Waals surface area (Å²) in [6.07, 6.45) is 0. The van der Waals surface area contributed by atoms with E-state index in [1.54, 1.807) is 70.3 Å². The first-order valence-corrected chi connectivity index (χ1v) is 26.3. The second kappa shape index (κ2) is 26.5. The van der Waals surface area contributed by atoms with Crippen LogP contribution < -0.4 is 21.3 Å². The molecule has 0 fully saturated rings. The molecule has 0 spiro atoms.